The molecule has 1 rings (SSSR count). The fourth-order valence-electron chi connectivity index (χ4n) is 1.53. The molecule has 0 aromatic heterocycles. The largest absolute Gasteiger partial charge is 0.462 e. The number of Topliss-reactive ketones (excluding diaryl/α,β-unsaturated/α-hetero) is 1. The molecule has 0 bridgehead atoms. The van der Waals surface area contributed by atoms with E-state index >= 15 is 0 Å². The van der Waals surface area contributed by atoms with Gasteiger partial charge in [-0.1, -0.05) is 13.0 Å². The number of hydrogen-bond acceptors (Lipinski definition) is 4. The summed E-state index contributed by atoms with van der Waals surface area (Å²) in [4.78, 5) is 23.3. The molecule has 0 saturated heterocycles. The van der Waals surface area contributed by atoms with Gasteiger partial charge < -0.3 is 9.47 Å². The summed E-state index contributed by atoms with van der Waals surface area (Å²) in [6.45, 7) is 0.149. The van der Waals surface area contributed by atoms with Crippen molar-refractivity contribution in [1.82, 2.24) is 0 Å². The van der Waals surface area contributed by atoms with Gasteiger partial charge in [0.15, 0.2) is 11.5 Å². The molecular weight excluding hydrogens is 258 g/mol. The number of ether oxygens (including phenoxy) is 2. The predicted molar refractivity (Wildman–Crippen MR) is 63.7 cm³/mol. The Kier molecular flexibility index (Phi) is 5.41. The number of para-hydroxylation sites is 1. The standard InChI is InChI=1S/C13H14F2O4/c1-3-10(16)8-6-5-7-9(12(17)18-4-2)11(8)19-13(14)15/h5-7,13H,3-4H2,1-2H3. The molecule has 0 amide bonds. The summed E-state index contributed by atoms with van der Waals surface area (Å²) in [7, 11) is 0. The lowest BCUT2D eigenvalue weighted by molar-refractivity contribution is -0.0507. The average Bonchev–Trinajstić information content (AvgIpc) is 2.37. The molecule has 0 aliphatic carbocycles. The van der Waals surface area contributed by atoms with E-state index in [1.165, 1.54) is 18.2 Å². The van der Waals surface area contributed by atoms with Crippen LogP contribution in [0.5, 0.6) is 5.75 Å². The second kappa shape index (κ2) is 6.82. The molecule has 0 radical (unpaired) electrons. The monoisotopic (exact) mass is 272 g/mol. The smallest absolute Gasteiger partial charge is 0.387 e. The van der Waals surface area contributed by atoms with Gasteiger partial charge in [-0.25, -0.2) is 4.79 Å². The lowest BCUT2D eigenvalue weighted by atomic mass is 10.0. The lowest BCUT2D eigenvalue weighted by Crippen LogP contribution is -2.14. The highest BCUT2D eigenvalue weighted by atomic mass is 19.3. The first-order chi connectivity index (χ1) is 9.01. The van der Waals surface area contributed by atoms with Gasteiger partial charge in [0, 0.05) is 6.42 Å². The van der Waals surface area contributed by atoms with Gasteiger partial charge in [0.25, 0.3) is 0 Å². The SMILES string of the molecule is CCOC(=O)c1cccc(C(=O)CC)c1OC(F)F. The molecule has 0 N–H and O–H groups in total. The van der Waals surface area contributed by atoms with E-state index in [1.54, 1.807) is 13.8 Å². The lowest BCUT2D eigenvalue weighted by Gasteiger charge is -2.13. The number of hydrogen-bond donors (Lipinski definition) is 0. The molecule has 0 unspecified atom stereocenters. The van der Waals surface area contributed by atoms with Crippen LogP contribution in [0.1, 0.15) is 41.0 Å². The van der Waals surface area contributed by atoms with Crippen molar-refractivity contribution in [2.45, 2.75) is 26.9 Å². The number of carbonyl (C=O) groups excluding carboxylic acids is 2. The first kappa shape index (κ1) is 15.1. The Morgan fingerprint density at radius 3 is 2.37 bits per heavy atom. The Labute approximate surface area is 109 Å². The molecule has 0 saturated carbocycles. The van der Waals surface area contributed by atoms with Crippen LogP contribution in [-0.2, 0) is 4.74 Å². The van der Waals surface area contributed by atoms with Gasteiger partial charge in [0.05, 0.1) is 12.2 Å². The quantitative estimate of drug-likeness (QED) is 0.590. The van der Waals surface area contributed by atoms with Crippen molar-refractivity contribution in [3.05, 3.63) is 29.3 Å². The van der Waals surface area contributed by atoms with Crippen molar-refractivity contribution in [3.63, 3.8) is 0 Å². The first-order valence-electron chi connectivity index (χ1n) is 5.79. The van der Waals surface area contributed by atoms with E-state index in [-0.39, 0.29) is 29.9 Å². The molecule has 4 nitrogen and oxygen atoms in total. The number of benzene rings is 1. The van der Waals surface area contributed by atoms with Gasteiger partial charge in [0.1, 0.15) is 5.56 Å². The highest BCUT2D eigenvalue weighted by Crippen LogP contribution is 2.27. The van der Waals surface area contributed by atoms with E-state index in [9.17, 15) is 18.4 Å². The number of rotatable bonds is 6. The Hall–Kier alpha value is -1.98. The van der Waals surface area contributed by atoms with Crippen LogP contribution in [0.4, 0.5) is 8.78 Å². The van der Waals surface area contributed by atoms with Crippen molar-refractivity contribution in [2.75, 3.05) is 6.61 Å². The summed E-state index contributed by atoms with van der Waals surface area (Å²) in [6.07, 6.45) is 0.117. The van der Waals surface area contributed by atoms with Crippen LogP contribution in [0.2, 0.25) is 0 Å². The van der Waals surface area contributed by atoms with Crippen LogP contribution in [-0.4, -0.2) is 25.0 Å². The van der Waals surface area contributed by atoms with Crippen molar-refractivity contribution in [1.29, 1.82) is 0 Å². The average molecular weight is 272 g/mol. The van der Waals surface area contributed by atoms with E-state index in [0.717, 1.165) is 0 Å². The molecule has 19 heavy (non-hydrogen) atoms. The molecule has 104 valence electrons. The molecule has 6 heteroatoms. The Balaban J connectivity index is 3.29. The highest BCUT2D eigenvalue weighted by Gasteiger charge is 2.22. The predicted octanol–water partition coefficient (Wildman–Crippen LogP) is 3.06. The van der Waals surface area contributed by atoms with Gasteiger partial charge in [-0.05, 0) is 19.1 Å². The summed E-state index contributed by atoms with van der Waals surface area (Å²) >= 11 is 0. The maximum atomic E-state index is 12.4. The summed E-state index contributed by atoms with van der Waals surface area (Å²) < 4.78 is 33.9. The number of alkyl halides is 2. The Morgan fingerprint density at radius 2 is 1.84 bits per heavy atom. The molecule has 1 aromatic rings. The summed E-state index contributed by atoms with van der Waals surface area (Å²) in [5, 5.41) is 0. The normalized spacial score (nSPS) is 10.4. The fourth-order valence-corrected chi connectivity index (χ4v) is 1.53. The van der Waals surface area contributed by atoms with E-state index in [0.29, 0.717) is 0 Å². The third-order valence-electron chi connectivity index (χ3n) is 2.34. The molecule has 1 aromatic carbocycles. The second-order valence-corrected chi connectivity index (χ2v) is 3.56. The van der Waals surface area contributed by atoms with E-state index in [1.807, 2.05) is 0 Å². The Bertz CT molecular complexity index is 472. The van der Waals surface area contributed by atoms with E-state index < -0.39 is 18.3 Å². The highest BCUT2D eigenvalue weighted by molar-refractivity contribution is 6.03. The molecule has 0 aliphatic rings. The van der Waals surface area contributed by atoms with Crippen LogP contribution in [0.3, 0.4) is 0 Å². The van der Waals surface area contributed by atoms with E-state index in [2.05, 4.69) is 4.74 Å². The third kappa shape index (κ3) is 3.74. The van der Waals surface area contributed by atoms with Crippen molar-refractivity contribution in [2.24, 2.45) is 0 Å². The van der Waals surface area contributed by atoms with Gasteiger partial charge in [0.2, 0.25) is 0 Å². The summed E-state index contributed by atoms with van der Waals surface area (Å²) in [5.74, 6) is -1.62. The summed E-state index contributed by atoms with van der Waals surface area (Å²) in [5.41, 5.74) is -0.227. The van der Waals surface area contributed by atoms with Crippen LogP contribution >= 0.6 is 0 Å². The number of carbonyl (C=O) groups is 2. The van der Waals surface area contributed by atoms with Crippen LogP contribution in [0.25, 0.3) is 0 Å². The van der Waals surface area contributed by atoms with Crippen LogP contribution < -0.4 is 4.74 Å². The van der Waals surface area contributed by atoms with Gasteiger partial charge in [-0.2, -0.15) is 8.78 Å². The second-order valence-electron chi connectivity index (χ2n) is 3.56. The zero-order valence-electron chi connectivity index (χ0n) is 10.6. The minimum atomic E-state index is -3.13. The zero-order valence-corrected chi connectivity index (χ0v) is 10.6. The van der Waals surface area contributed by atoms with Gasteiger partial charge in [-0.15, -0.1) is 0 Å². The molecule has 0 fully saturated rings. The minimum absolute atomic E-state index is 0.0478. The topological polar surface area (TPSA) is 52.6 Å². The maximum Gasteiger partial charge on any atom is 0.387 e. The maximum absolute atomic E-state index is 12.4. The van der Waals surface area contributed by atoms with E-state index in [4.69, 9.17) is 4.74 Å². The van der Waals surface area contributed by atoms with Crippen molar-refractivity contribution >= 4 is 11.8 Å². The van der Waals surface area contributed by atoms with Gasteiger partial charge in [-0.3, -0.25) is 4.79 Å². The molecule has 0 heterocycles. The van der Waals surface area contributed by atoms with Crippen molar-refractivity contribution in [3.8, 4) is 5.75 Å². The first-order valence-corrected chi connectivity index (χ1v) is 5.79. The number of esters is 1. The minimum Gasteiger partial charge on any atom is -0.462 e. The number of halogens is 2. The van der Waals surface area contributed by atoms with Crippen LogP contribution in [0.15, 0.2) is 18.2 Å². The third-order valence-corrected chi connectivity index (χ3v) is 2.34. The molecule has 0 spiro atoms. The fraction of sp³-hybridized carbons (Fsp3) is 0.385. The van der Waals surface area contributed by atoms with Crippen molar-refractivity contribution < 1.29 is 27.8 Å². The Morgan fingerprint density at radius 1 is 1.21 bits per heavy atom. The molecule has 0 atom stereocenters. The molecule has 0 aliphatic heterocycles. The number of ketones is 1. The molecular formula is C13H14F2O4. The van der Waals surface area contributed by atoms with Gasteiger partial charge >= 0.3 is 12.6 Å². The van der Waals surface area contributed by atoms with Crippen LogP contribution in [0, 0.1) is 0 Å². The summed E-state index contributed by atoms with van der Waals surface area (Å²) in [6, 6.07) is 4.04. The zero-order chi connectivity index (χ0) is 14.4.